The maximum atomic E-state index is 11.9. The maximum Gasteiger partial charge on any atom is 0.212 e. The number of allylic oxidation sites excluding steroid dienone is 1. The largest absolute Gasteiger partial charge is 0.481 e. The van der Waals surface area contributed by atoms with E-state index in [1.165, 1.54) is 6.08 Å². The Morgan fingerprint density at radius 1 is 1.21 bits per heavy atom. The average Bonchev–Trinajstić information content (AvgIpc) is 2.46. The van der Waals surface area contributed by atoms with Gasteiger partial charge in [0.25, 0.3) is 0 Å². The second-order valence-corrected chi connectivity index (χ2v) is 4.75. The highest BCUT2D eigenvalue weighted by atomic mass is 79.9. The molecule has 0 aliphatic heterocycles. The number of pyridine rings is 1. The van der Waals surface area contributed by atoms with Gasteiger partial charge in [0.05, 0.1) is 7.11 Å². The number of ether oxygens (including phenoxy) is 1. The molecule has 0 fully saturated rings. The zero-order chi connectivity index (χ0) is 13.7. The lowest BCUT2D eigenvalue weighted by Gasteiger charge is -1.98. The third-order valence-electron chi connectivity index (χ3n) is 2.52. The van der Waals surface area contributed by atoms with E-state index in [9.17, 15) is 4.79 Å². The molecule has 19 heavy (non-hydrogen) atoms. The number of halogens is 1. The molecule has 3 nitrogen and oxygen atoms in total. The molecule has 0 spiro atoms. The Hall–Kier alpha value is -1.94. The lowest BCUT2D eigenvalue weighted by atomic mass is 10.1. The normalized spacial score (nSPS) is 10.6. The van der Waals surface area contributed by atoms with E-state index in [1.54, 1.807) is 37.6 Å². The number of aromatic nitrogens is 1. The molecule has 1 heterocycles. The summed E-state index contributed by atoms with van der Waals surface area (Å²) in [5.74, 6) is 0.514. The van der Waals surface area contributed by atoms with Crippen molar-refractivity contribution >= 4 is 27.8 Å². The van der Waals surface area contributed by atoms with E-state index in [0.717, 1.165) is 10.0 Å². The van der Waals surface area contributed by atoms with Gasteiger partial charge in [0.15, 0.2) is 5.78 Å². The van der Waals surface area contributed by atoms with Gasteiger partial charge in [0, 0.05) is 22.3 Å². The van der Waals surface area contributed by atoms with Crippen LogP contribution in [0.1, 0.15) is 15.9 Å². The molecule has 2 aromatic rings. The lowest BCUT2D eigenvalue weighted by Crippen LogP contribution is -1.93. The third kappa shape index (κ3) is 3.76. The lowest BCUT2D eigenvalue weighted by molar-refractivity contribution is 0.104. The van der Waals surface area contributed by atoms with Gasteiger partial charge >= 0.3 is 0 Å². The van der Waals surface area contributed by atoms with Crippen LogP contribution in [0.3, 0.4) is 0 Å². The van der Waals surface area contributed by atoms with Crippen molar-refractivity contribution in [1.82, 2.24) is 4.98 Å². The smallest absolute Gasteiger partial charge is 0.212 e. The minimum atomic E-state index is -0.0386. The summed E-state index contributed by atoms with van der Waals surface area (Å²) >= 11 is 3.33. The SMILES string of the molecule is COc1ccc(C=CC(=O)c2ccc(Br)cc2)cn1. The monoisotopic (exact) mass is 317 g/mol. The fourth-order valence-electron chi connectivity index (χ4n) is 1.49. The van der Waals surface area contributed by atoms with Crippen molar-refractivity contribution < 1.29 is 9.53 Å². The standard InChI is InChI=1S/C15H12BrNO2/c1-19-15-9-3-11(10-17-15)2-8-14(18)12-4-6-13(16)7-5-12/h2-10H,1H3. The first-order valence-corrected chi connectivity index (χ1v) is 6.46. The number of methoxy groups -OCH3 is 1. The molecule has 96 valence electrons. The van der Waals surface area contributed by atoms with Crippen LogP contribution in [0.4, 0.5) is 0 Å². The van der Waals surface area contributed by atoms with E-state index in [-0.39, 0.29) is 5.78 Å². The molecule has 1 aromatic heterocycles. The van der Waals surface area contributed by atoms with Crippen LogP contribution in [0.15, 0.2) is 53.1 Å². The summed E-state index contributed by atoms with van der Waals surface area (Å²) in [5, 5.41) is 0. The fraction of sp³-hybridized carbons (Fsp3) is 0.0667. The van der Waals surface area contributed by atoms with Gasteiger partial charge in [-0.1, -0.05) is 15.9 Å². The van der Waals surface area contributed by atoms with Crippen molar-refractivity contribution in [3.05, 3.63) is 64.3 Å². The molecule has 0 aliphatic rings. The highest BCUT2D eigenvalue weighted by Gasteiger charge is 2.01. The molecule has 0 unspecified atom stereocenters. The van der Waals surface area contributed by atoms with Gasteiger partial charge in [-0.05, 0) is 48.0 Å². The van der Waals surface area contributed by atoms with E-state index in [2.05, 4.69) is 20.9 Å². The first kappa shape index (κ1) is 13.5. The summed E-state index contributed by atoms with van der Waals surface area (Å²) in [5.41, 5.74) is 1.51. The molecule has 0 saturated carbocycles. The number of rotatable bonds is 4. The molecular formula is C15H12BrNO2. The number of hydrogen-bond acceptors (Lipinski definition) is 3. The first-order chi connectivity index (χ1) is 9.19. The predicted octanol–water partition coefficient (Wildman–Crippen LogP) is 3.75. The second-order valence-electron chi connectivity index (χ2n) is 3.84. The van der Waals surface area contributed by atoms with Crippen LogP contribution in [-0.4, -0.2) is 17.9 Å². The fourth-order valence-corrected chi connectivity index (χ4v) is 1.76. The van der Waals surface area contributed by atoms with Crippen LogP contribution < -0.4 is 4.74 Å². The minimum absolute atomic E-state index is 0.0386. The summed E-state index contributed by atoms with van der Waals surface area (Å²) in [6, 6.07) is 10.8. The molecule has 0 amide bonds. The first-order valence-electron chi connectivity index (χ1n) is 5.67. The van der Waals surface area contributed by atoms with Crippen molar-refractivity contribution in [2.24, 2.45) is 0 Å². The van der Waals surface area contributed by atoms with E-state index in [1.807, 2.05) is 18.2 Å². The van der Waals surface area contributed by atoms with E-state index < -0.39 is 0 Å². The molecule has 0 atom stereocenters. The summed E-state index contributed by atoms with van der Waals surface area (Å²) in [6.07, 6.45) is 4.92. The van der Waals surface area contributed by atoms with Crippen molar-refractivity contribution in [2.45, 2.75) is 0 Å². The Bertz CT molecular complexity index is 589. The van der Waals surface area contributed by atoms with Crippen LogP contribution in [0.5, 0.6) is 5.88 Å². The highest BCUT2D eigenvalue weighted by molar-refractivity contribution is 9.10. The van der Waals surface area contributed by atoms with Crippen LogP contribution in [0, 0.1) is 0 Å². The van der Waals surface area contributed by atoms with Crippen LogP contribution >= 0.6 is 15.9 Å². The number of nitrogens with zero attached hydrogens (tertiary/aromatic N) is 1. The Balaban J connectivity index is 2.08. The van der Waals surface area contributed by atoms with Crippen LogP contribution in [0.2, 0.25) is 0 Å². The van der Waals surface area contributed by atoms with Crippen molar-refractivity contribution in [3.63, 3.8) is 0 Å². The van der Waals surface area contributed by atoms with Crippen molar-refractivity contribution in [1.29, 1.82) is 0 Å². The van der Waals surface area contributed by atoms with Gasteiger partial charge in [-0.15, -0.1) is 0 Å². The quantitative estimate of drug-likeness (QED) is 0.637. The molecule has 1 aromatic carbocycles. The average molecular weight is 318 g/mol. The van der Waals surface area contributed by atoms with E-state index >= 15 is 0 Å². The third-order valence-corrected chi connectivity index (χ3v) is 3.05. The van der Waals surface area contributed by atoms with E-state index in [4.69, 9.17) is 4.74 Å². The summed E-state index contributed by atoms with van der Waals surface area (Å²) in [6.45, 7) is 0. The van der Waals surface area contributed by atoms with E-state index in [0.29, 0.717) is 11.4 Å². The van der Waals surface area contributed by atoms with Gasteiger partial charge in [-0.3, -0.25) is 4.79 Å². The Morgan fingerprint density at radius 2 is 1.95 bits per heavy atom. The molecule has 0 radical (unpaired) electrons. The summed E-state index contributed by atoms with van der Waals surface area (Å²) < 4.78 is 5.92. The van der Waals surface area contributed by atoms with Crippen LogP contribution in [0.25, 0.3) is 6.08 Å². The zero-order valence-corrected chi connectivity index (χ0v) is 11.9. The van der Waals surface area contributed by atoms with Gasteiger partial charge in [-0.2, -0.15) is 0 Å². The number of carbonyl (C=O) groups excluding carboxylic acids is 1. The Morgan fingerprint density at radius 3 is 2.53 bits per heavy atom. The van der Waals surface area contributed by atoms with Crippen molar-refractivity contribution in [2.75, 3.05) is 7.11 Å². The minimum Gasteiger partial charge on any atom is -0.481 e. The molecule has 0 bridgehead atoms. The number of carbonyl (C=O) groups is 1. The van der Waals surface area contributed by atoms with Gasteiger partial charge in [0.2, 0.25) is 5.88 Å². The second kappa shape index (κ2) is 6.29. The topological polar surface area (TPSA) is 39.2 Å². The molecule has 0 saturated heterocycles. The Kier molecular flexibility index (Phi) is 4.47. The number of ketones is 1. The molecule has 4 heteroatoms. The summed E-state index contributed by atoms with van der Waals surface area (Å²) in [7, 11) is 1.56. The molecule has 0 aliphatic carbocycles. The predicted molar refractivity (Wildman–Crippen MR) is 78.3 cm³/mol. The number of hydrogen-bond donors (Lipinski definition) is 0. The van der Waals surface area contributed by atoms with Crippen molar-refractivity contribution in [3.8, 4) is 5.88 Å². The maximum absolute atomic E-state index is 11.9. The van der Waals surface area contributed by atoms with Gasteiger partial charge < -0.3 is 4.74 Å². The molecular weight excluding hydrogens is 306 g/mol. The van der Waals surface area contributed by atoms with Crippen LogP contribution in [-0.2, 0) is 0 Å². The molecule has 0 N–H and O–H groups in total. The van der Waals surface area contributed by atoms with Gasteiger partial charge in [0.1, 0.15) is 0 Å². The van der Waals surface area contributed by atoms with Gasteiger partial charge in [-0.25, -0.2) is 4.98 Å². The highest BCUT2D eigenvalue weighted by Crippen LogP contribution is 2.12. The molecule has 2 rings (SSSR count). The number of benzene rings is 1. The Labute approximate surface area is 120 Å². The summed E-state index contributed by atoms with van der Waals surface area (Å²) in [4.78, 5) is 16.0. The zero-order valence-electron chi connectivity index (χ0n) is 10.3.